The third kappa shape index (κ3) is 4.16. The molecule has 0 aliphatic carbocycles. The molecule has 138 valence electrons. The Morgan fingerprint density at radius 2 is 1.92 bits per heavy atom. The van der Waals surface area contributed by atoms with E-state index < -0.39 is 11.6 Å². The Kier molecular flexibility index (Phi) is 5.46. The van der Waals surface area contributed by atoms with Crippen LogP contribution in [0.4, 0.5) is 8.78 Å². The molecular weight excluding hydrogens is 340 g/mol. The summed E-state index contributed by atoms with van der Waals surface area (Å²) in [5.41, 5.74) is 1.14. The van der Waals surface area contributed by atoms with Crippen molar-refractivity contribution in [2.45, 2.75) is 19.4 Å². The SMILES string of the molecule is CN(CC(=O)c1c[nH]c(C(=O)N2CCCC2)c1)Cc1ccc(F)cc1F. The molecule has 1 N–H and O–H groups in total. The molecule has 0 bridgehead atoms. The topological polar surface area (TPSA) is 56.4 Å². The quantitative estimate of drug-likeness (QED) is 0.805. The van der Waals surface area contributed by atoms with Gasteiger partial charge in [-0.25, -0.2) is 8.78 Å². The molecule has 1 aromatic heterocycles. The molecule has 0 atom stereocenters. The van der Waals surface area contributed by atoms with Gasteiger partial charge in [0.05, 0.1) is 6.54 Å². The lowest BCUT2D eigenvalue weighted by Gasteiger charge is -2.16. The van der Waals surface area contributed by atoms with Crippen molar-refractivity contribution in [2.24, 2.45) is 0 Å². The average Bonchev–Trinajstić information content (AvgIpc) is 3.28. The highest BCUT2D eigenvalue weighted by atomic mass is 19.1. The first-order valence-corrected chi connectivity index (χ1v) is 8.57. The summed E-state index contributed by atoms with van der Waals surface area (Å²) in [6.07, 6.45) is 3.53. The maximum absolute atomic E-state index is 13.7. The Morgan fingerprint density at radius 3 is 2.62 bits per heavy atom. The number of hydrogen-bond acceptors (Lipinski definition) is 3. The number of aromatic amines is 1. The Labute approximate surface area is 150 Å². The van der Waals surface area contributed by atoms with Crippen LogP contribution in [0.1, 0.15) is 39.3 Å². The Balaban J connectivity index is 1.60. The summed E-state index contributed by atoms with van der Waals surface area (Å²) in [6, 6.07) is 4.95. The summed E-state index contributed by atoms with van der Waals surface area (Å²) >= 11 is 0. The van der Waals surface area contributed by atoms with Gasteiger partial charge in [0.1, 0.15) is 17.3 Å². The first-order chi connectivity index (χ1) is 12.4. The second-order valence-electron chi connectivity index (χ2n) is 6.63. The van der Waals surface area contributed by atoms with Crippen molar-refractivity contribution >= 4 is 11.7 Å². The van der Waals surface area contributed by atoms with Crippen LogP contribution in [-0.2, 0) is 6.54 Å². The van der Waals surface area contributed by atoms with Crippen LogP contribution in [0, 0.1) is 11.6 Å². The Bertz CT molecular complexity index is 813. The van der Waals surface area contributed by atoms with Gasteiger partial charge in [0, 0.05) is 43.0 Å². The number of likely N-dealkylation sites (N-methyl/N-ethyl adjacent to an activating group) is 1. The highest BCUT2D eigenvalue weighted by Crippen LogP contribution is 2.15. The third-order valence-corrected chi connectivity index (χ3v) is 4.50. The van der Waals surface area contributed by atoms with E-state index in [-0.39, 0.29) is 24.8 Å². The van der Waals surface area contributed by atoms with Gasteiger partial charge in [-0.1, -0.05) is 6.07 Å². The van der Waals surface area contributed by atoms with E-state index in [1.807, 2.05) is 0 Å². The number of rotatable bonds is 6. The largest absolute Gasteiger partial charge is 0.356 e. The average molecular weight is 361 g/mol. The monoisotopic (exact) mass is 361 g/mol. The molecule has 1 aromatic carbocycles. The lowest BCUT2D eigenvalue weighted by atomic mass is 10.1. The molecule has 0 radical (unpaired) electrons. The van der Waals surface area contributed by atoms with Gasteiger partial charge in [0.25, 0.3) is 5.91 Å². The number of nitrogens with zero attached hydrogens (tertiary/aromatic N) is 2. The van der Waals surface area contributed by atoms with Crippen molar-refractivity contribution in [1.29, 1.82) is 0 Å². The zero-order valence-electron chi connectivity index (χ0n) is 14.6. The fourth-order valence-corrected chi connectivity index (χ4v) is 3.10. The number of likely N-dealkylation sites (tertiary alicyclic amines) is 1. The van der Waals surface area contributed by atoms with Crippen molar-refractivity contribution in [1.82, 2.24) is 14.8 Å². The fraction of sp³-hybridized carbons (Fsp3) is 0.368. The number of Topliss-reactive ketones (excluding diaryl/α,β-unsaturated/α-hetero) is 1. The van der Waals surface area contributed by atoms with Gasteiger partial charge in [0.2, 0.25) is 0 Å². The Morgan fingerprint density at radius 1 is 1.19 bits per heavy atom. The van der Waals surface area contributed by atoms with E-state index in [4.69, 9.17) is 0 Å². The zero-order chi connectivity index (χ0) is 18.7. The van der Waals surface area contributed by atoms with E-state index in [0.717, 1.165) is 32.0 Å². The van der Waals surface area contributed by atoms with Crippen molar-refractivity contribution < 1.29 is 18.4 Å². The normalized spacial score (nSPS) is 14.2. The van der Waals surface area contributed by atoms with Gasteiger partial charge in [-0.05, 0) is 32.0 Å². The molecule has 5 nitrogen and oxygen atoms in total. The van der Waals surface area contributed by atoms with Crippen LogP contribution in [0.2, 0.25) is 0 Å². The van der Waals surface area contributed by atoms with Crippen LogP contribution >= 0.6 is 0 Å². The first-order valence-electron chi connectivity index (χ1n) is 8.57. The van der Waals surface area contributed by atoms with E-state index in [0.29, 0.717) is 16.8 Å². The van der Waals surface area contributed by atoms with Crippen molar-refractivity contribution in [3.05, 3.63) is 58.9 Å². The number of ketones is 1. The third-order valence-electron chi connectivity index (χ3n) is 4.50. The molecule has 26 heavy (non-hydrogen) atoms. The number of carbonyl (C=O) groups excluding carboxylic acids is 2. The smallest absolute Gasteiger partial charge is 0.270 e. The molecule has 2 heterocycles. The predicted molar refractivity (Wildman–Crippen MR) is 93.0 cm³/mol. The van der Waals surface area contributed by atoms with Gasteiger partial charge < -0.3 is 9.88 Å². The number of aromatic nitrogens is 1. The molecule has 2 aromatic rings. The number of benzene rings is 1. The summed E-state index contributed by atoms with van der Waals surface area (Å²) in [7, 11) is 1.68. The van der Waals surface area contributed by atoms with Gasteiger partial charge in [0.15, 0.2) is 5.78 Å². The maximum Gasteiger partial charge on any atom is 0.270 e. The van der Waals surface area contributed by atoms with Crippen LogP contribution in [-0.4, -0.2) is 53.2 Å². The van der Waals surface area contributed by atoms with E-state index in [2.05, 4.69) is 4.98 Å². The van der Waals surface area contributed by atoms with Crippen molar-refractivity contribution in [3.63, 3.8) is 0 Å². The molecule has 1 saturated heterocycles. The lowest BCUT2D eigenvalue weighted by Crippen LogP contribution is -2.28. The number of amides is 1. The standard InChI is InChI=1S/C19H21F2N3O2/c1-23(11-13-4-5-15(20)9-16(13)21)12-18(25)14-8-17(22-10-14)19(26)24-6-2-3-7-24/h4-5,8-10,22H,2-3,6-7,11-12H2,1H3. The zero-order valence-corrected chi connectivity index (χ0v) is 14.6. The summed E-state index contributed by atoms with van der Waals surface area (Å²) in [5, 5.41) is 0. The van der Waals surface area contributed by atoms with E-state index >= 15 is 0 Å². The molecule has 1 aliphatic heterocycles. The maximum atomic E-state index is 13.7. The summed E-state index contributed by atoms with van der Waals surface area (Å²) in [4.78, 5) is 31.0. The van der Waals surface area contributed by atoms with Crippen LogP contribution in [0.25, 0.3) is 0 Å². The highest BCUT2D eigenvalue weighted by Gasteiger charge is 2.22. The van der Waals surface area contributed by atoms with Crippen LogP contribution in [0.15, 0.2) is 30.5 Å². The number of hydrogen-bond donors (Lipinski definition) is 1. The fourth-order valence-electron chi connectivity index (χ4n) is 3.10. The number of nitrogens with one attached hydrogen (secondary N) is 1. The van der Waals surface area contributed by atoms with Gasteiger partial charge in [-0.15, -0.1) is 0 Å². The minimum atomic E-state index is -0.635. The van der Waals surface area contributed by atoms with Crippen molar-refractivity contribution in [2.75, 3.05) is 26.7 Å². The molecule has 1 amide bonds. The minimum absolute atomic E-state index is 0.0615. The Hall–Kier alpha value is -2.54. The lowest BCUT2D eigenvalue weighted by molar-refractivity contribution is 0.0787. The number of halogens is 2. The minimum Gasteiger partial charge on any atom is -0.356 e. The highest BCUT2D eigenvalue weighted by molar-refractivity contribution is 6.01. The summed E-state index contributed by atoms with van der Waals surface area (Å²) in [6.45, 7) is 1.73. The molecule has 0 saturated carbocycles. The summed E-state index contributed by atoms with van der Waals surface area (Å²) in [5.74, 6) is -1.54. The molecule has 3 rings (SSSR count). The predicted octanol–water partition coefficient (Wildman–Crippen LogP) is 2.84. The number of carbonyl (C=O) groups is 2. The van der Waals surface area contributed by atoms with Crippen molar-refractivity contribution in [3.8, 4) is 0 Å². The second kappa shape index (κ2) is 7.78. The van der Waals surface area contributed by atoms with Crippen LogP contribution in [0.3, 0.4) is 0 Å². The molecule has 1 aliphatic rings. The first kappa shape index (κ1) is 18.3. The molecule has 7 heteroatoms. The van der Waals surface area contributed by atoms with Crippen LogP contribution in [0.5, 0.6) is 0 Å². The molecule has 1 fully saturated rings. The molecular formula is C19H21F2N3O2. The summed E-state index contributed by atoms with van der Waals surface area (Å²) < 4.78 is 26.7. The number of H-pyrrole nitrogens is 1. The van der Waals surface area contributed by atoms with Crippen LogP contribution < -0.4 is 0 Å². The van der Waals surface area contributed by atoms with Gasteiger partial charge >= 0.3 is 0 Å². The second-order valence-corrected chi connectivity index (χ2v) is 6.63. The van der Waals surface area contributed by atoms with E-state index in [1.54, 1.807) is 22.9 Å². The molecule has 0 unspecified atom stereocenters. The van der Waals surface area contributed by atoms with E-state index in [1.165, 1.54) is 18.3 Å². The van der Waals surface area contributed by atoms with E-state index in [9.17, 15) is 18.4 Å². The van der Waals surface area contributed by atoms with Gasteiger partial charge in [-0.2, -0.15) is 0 Å². The molecule has 0 spiro atoms. The van der Waals surface area contributed by atoms with Gasteiger partial charge in [-0.3, -0.25) is 14.5 Å².